The zero-order valence-electron chi connectivity index (χ0n) is 10.6. The first kappa shape index (κ1) is 12.6. The highest BCUT2D eigenvalue weighted by Gasteiger charge is 2.06. The summed E-state index contributed by atoms with van der Waals surface area (Å²) in [7, 11) is 2.03. The van der Waals surface area contributed by atoms with Crippen LogP contribution in [-0.2, 0) is 0 Å². The quantitative estimate of drug-likeness (QED) is 0.771. The fourth-order valence-corrected chi connectivity index (χ4v) is 1.67. The van der Waals surface area contributed by atoms with Crippen molar-refractivity contribution in [2.75, 3.05) is 18.5 Å². The van der Waals surface area contributed by atoms with Gasteiger partial charge in [0.2, 0.25) is 0 Å². The van der Waals surface area contributed by atoms with Gasteiger partial charge < -0.3 is 4.90 Å². The number of nitriles is 1. The summed E-state index contributed by atoms with van der Waals surface area (Å²) in [6.45, 7) is 7.10. The lowest BCUT2D eigenvalue weighted by Crippen LogP contribution is -2.23. The standard InChI is InChI=1S/C14H20N2/c1-11(2)13-5-7-14(8-6-13)16(4)10-12(3)9-15/h5-8,11-12H,10H2,1-4H3. The average molecular weight is 216 g/mol. The molecule has 1 aromatic rings. The molecular formula is C14H20N2. The Bertz CT molecular complexity index is 359. The summed E-state index contributed by atoms with van der Waals surface area (Å²) in [5, 5.41) is 8.77. The molecule has 1 aromatic carbocycles. The van der Waals surface area contributed by atoms with Crippen molar-refractivity contribution < 1.29 is 0 Å². The Morgan fingerprint density at radius 3 is 2.19 bits per heavy atom. The SMILES string of the molecule is CC(C#N)CN(C)c1ccc(C(C)C)cc1. The molecule has 0 aliphatic rings. The molecular weight excluding hydrogens is 196 g/mol. The Labute approximate surface area is 98.5 Å². The second kappa shape index (κ2) is 5.55. The van der Waals surface area contributed by atoms with Crippen molar-refractivity contribution in [3.05, 3.63) is 29.8 Å². The van der Waals surface area contributed by atoms with Crippen molar-refractivity contribution in [3.8, 4) is 6.07 Å². The van der Waals surface area contributed by atoms with Crippen LogP contribution in [0.3, 0.4) is 0 Å². The van der Waals surface area contributed by atoms with Crippen LogP contribution in [0.5, 0.6) is 0 Å². The van der Waals surface area contributed by atoms with Gasteiger partial charge in [-0.15, -0.1) is 0 Å². The number of anilines is 1. The fraction of sp³-hybridized carbons (Fsp3) is 0.500. The van der Waals surface area contributed by atoms with Crippen molar-refractivity contribution in [2.45, 2.75) is 26.7 Å². The van der Waals surface area contributed by atoms with Gasteiger partial charge in [-0.2, -0.15) is 5.26 Å². The van der Waals surface area contributed by atoms with E-state index < -0.39 is 0 Å². The van der Waals surface area contributed by atoms with E-state index in [2.05, 4.69) is 49.1 Å². The van der Waals surface area contributed by atoms with Crippen LogP contribution in [0, 0.1) is 17.2 Å². The predicted octanol–water partition coefficient (Wildman–Crippen LogP) is 3.41. The fourth-order valence-electron chi connectivity index (χ4n) is 1.67. The van der Waals surface area contributed by atoms with Crippen LogP contribution in [-0.4, -0.2) is 13.6 Å². The monoisotopic (exact) mass is 216 g/mol. The van der Waals surface area contributed by atoms with Crippen molar-refractivity contribution in [2.24, 2.45) is 5.92 Å². The summed E-state index contributed by atoms with van der Waals surface area (Å²) in [6, 6.07) is 10.8. The van der Waals surface area contributed by atoms with Crippen molar-refractivity contribution in [1.29, 1.82) is 5.26 Å². The molecule has 0 N–H and O–H groups in total. The van der Waals surface area contributed by atoms with Gasteiger partial charge in [-0.1, -0.05) is 26.0 Å². The lowest BCUT2D eigenvalue weighted by atomic mass is 10.0. The van der Waals surface area contributed by atoms with Gasteiger partial charge in [-0.3, -0.25) is 0 Å². The Morgan fingerprint density at radius 2 is 1.75 bits per heavy atom. The molecule has 0 aliphatic carbocycles. The Kier molecular flexibility index (Phi) is 4.37. The van der Waals surface area contributed by atoms with E-state index in [-0.39, 0.29) is 5.92 Å². The minimum Gasteiger partial charge on any atom is -0.373 e. The minimum absolute atomic E-state index is 0.0646. The smallest absolute Gasteiger partial charge is 0.0671 e. The lowest BCUT2D eigenvalue weighted by Gasteiger charge is -2.21. The molecule has 86 valence electrons. The first-order chi connectivity index (χ1) is 7.54. The molecule has 0 aliphatic heterocycles. The molecule has 0 radical (unpaired) electrons. The Hall–Kier alpha value is -1.49. The van der Waals surface area contributed by atoms with Gasteiger partial charge in [-0.05, 0) is 30.5 Å². The van der Waals surface area contributed by atoms with E-state index in [1.807, 2.05) is 14.0 Å². The average Bonchev–Trinajstić information content (AvgIpc) is 2.28. The number of benzene rings is 1. The van der Waals surface area contributed by atoms with E-state index in [1.165, 1.54) is 11.3 Å². The van der Waals surface area contributed by atoms with Gasteiger partial charge in [0.1, 0.15) is 0 Å². The molecule has 0 saturated carbocycles. The summed E-state index contributed by atoms with van der Waals surface area (Å²) >= 11 is 0. The topological polar surface area (TPSA) is 27.0 Å². The number of hydrogen-bond acceptors (Lipinski definition) is 2. The molecule has 0 aromatic heterocycles. The zero-order valence-corrected chi connectivity index (χ0v) is 10.6. The van der Waals surface area contributed by atoms with Crippen LogP contribution in [0.4, 0.5) is 5.69 Å². The van der Waals surface area contributed by atoms with Gasteiger partial charge in [0.25, 0.3) is 0 Å². The Balaban J connectivity index is 2.71. The maximum Gasteiger partial charge on any atom is 0.0671 e. The molecule has 1 rings (SSSR count). The van der Waals surface area contributed by atoms with Gasteiger partial charge in [-0.25, -0.2) is 0 Å². The van der Waals surface area contributed by atoms with Gasteiger partial charge in [0, 0.05) is 19.3 Å². The molecule has 2 heteroatoms. The summed E-state index contributed by atoms with van der Waals surface area (Å²) < 4.78 is 0. The van der Waals surface area contributed by atoms with Gasteiger partial charge >= 0.3 is 0 Å². The van der Waals surface area contributed by atoms with Gasteiger partial charge in [0.05, 0.1) is 12.0 Å². The normalized spacial score (nSPS) is 12.2. The first-order valence-corrected chi connectivity index (χ1v) is 5.75. The van der Waals surface area contributed by atoms with Crippen LogP contribution in [0.25, 0.3) is 0 Å². The molecule has 0 saturated heterocycles. The van der Waals surface area contributed by atoms with E-state index >= 15 is 0 Å². The van der Waals surface area contributed by atoms with Crippen molar-refractivity contribution in [1.82, 2.24) is 0 Å². The maximum absolute atomic E-state index is 8.77. The van der Waals surface area contributed by atoms with E-state index in [0.717, 1.165) is 6.54 Å². The molecule has 0 bridgehead atoms. The second-order valence-electron chi connectivity index (χ2n) is 4.66. The molecule has 0 amide bonds. The maximum atomic E-state index is 8.77. The molecule has 0 heterocycles. The molecule has 0 fully saturated rings. The van der Waals surface area contributed by atoms with E-state index in [0.29, 0.717) is 5.92 Å². The van der Waals surface area contributed by atoms with E-state index in [9.17, 15) is 0 Å². The lowest BCUT2D eigenvalue weighted by molar-refractivity contribution is 0.716. The molecule has 2 nitrogen and oxygen atoms in total. The van der Waals surface area contributed by atoms with Gasteiger partial charge in [0.15, 0.2) is 0 Å². The zero-order chi connectivity index (χ0) is 12.1. The third-order valence-corrected chi connectivity index (χ3v) is 2.77. The number of nitrogens with zero attached hydrogens (tertiary/aromatic N) is 2. The van der Waals surface area contributed by atoms with Crippen LogP contribution in [0.2, 0.25) is 0 Å². The molecule has 1 unspecified atom stereocenters. The minimum atomic E-state index is 0.0646. The van der Waals surface area contributed by atoms with E-state index in [1.54, 1.807) is 0 Å². The highest BCUT2D eigenvalue weighted by Crippen LogP contribution is 2.19. The first-order valence-electron chi connectivity index (χ1n) is 5.75. The Morgan fingerprint density at radius 1 is 1.19 bits per heavy atom. The third-order valence-electron chi connectivity index (χ3n) is 2.77. The van der Waals surface area contributed by atoms with Crippen molar-refractivity contribution in [3.63, 3.8) is 0 Å². The highest BCUT2D eigenvalue weighted by molar-refractivity contribution is 5.47. The summed E-state index contributed by atoms with van der Waals surface area (Å²) in [6.07, 6.45) is 0. The van der Waals surface area contributed by atoms with Crippen molar-refractivity contribution >= 4 is 5.69 Å². The molecule has 16 heavy (non-hydrogen) atoms. The van der Waals surface area contributed by atoms with Crippen LogP contribution < -0.4 is 4.90 Å². The summed E-state index contributed by atoms with van der Waals surface area (Å²) in [4.78, 5) is 2.12. The predicted molar refractivity (Wildman–Crippen MR) is 68.6 cm³/mol. The largest absolute Gasteiger partial charge is 0.373 e. The van der Waals surface area contributed by atoms with Crippen LogP contribution >= 0.6 is 0 Å². The molecule has 0 spiro atoms. The van der Waals surface area contributed by atoms with Crippen LogP contribution in [0.15, 0.2) is 24.3 Å². The second-order valence-corrected chi connectivity index (χ2v) is 4.66. The molecule has 1 atom stereocenters. The number of rotatable bonds is 4. The van der Waals surface area contributed by atoms with Crippen LogP contribution in [0.1, 0.15) is 32.3 Å². The third kappa shape index (κ3) is 3.27. The van der Waals surface area contributed by atoms with E-state index in [4.69, 9.17) is 5.26 Å². The summed E-state index contributed by atoms with van der Waals surface area (Å²) in [5.74, 6) is 0.632. The summed E-state index contributed by atoms with van der Waals surface area (Å²) in [5.41, 5.74) is 2.52. The highest BCUT2D eigenvalue weighted by atomic mass is 15.1. The number of hydrogen-bond donors (Lipinski definition) is 0.